The highest BCUT2D eigenvalue weighted by atomic mass is 19.4. The van der Waals surface area contributed by atoms with Gasteiger partial charge in [-0.2, -0.15) is 13.2 Å². The molecule has 0 aliphatic heterocycles. The summed E-state index contributed by atoms with van der Waals surface area (Å²) in [5.41, 5.74) is -1.86. The number of carbonyl (C=O) groups excluding carboxylic acids is 1. The first-order valence-electron chi connectivity index (χ1n) is 6.32. The Labute approximate surface area is 121 Å². The minimum atomic E-state index is -4.53. The molecule has 0 radical (unpaired) electrons. The van der Waals surface area contributed by atoms with Gasteiger partial charge in [-0.05, 0) is 26.0 Å². The Kier molecular flexibility index (Phi) is 5.22. The molecule has 118 valence electrons. The third-order valence-electron chi connectivity index (χ3n) is 2.82. The number of amides is 1. The number of anilines is 1. The number of para-hydroxylation sites is 1. The summed E-state index contributed by atoms with van der Waals surface area (Å²) in [6.45, 7) is 3.69. The number of methoxy groups -OCH3 is 1. The second-order valence-corrected chi connectivity index (χ2v) is 5.25. The van der Waals surface area contributed by atoms with Crippen molar-refractivity contribution >= 4 is 11.6 Å². The zero-order valence-corrected chi connectivity index (χ0v) is 12.4. The van der Waals surface area contributed by atoms with Crippen molar-refractivity contribution in [3.63, 3.8) is 0 Å². The zero-order valence-electron chi connectivity index (χ0n) is 12.4. The van der Waals surface area contributed by atoms with E-state index >= 15 is 0 Å². The molecule has 0 aliphatic carbocycles. The molecule has 0 saturated heterocycles. The SMILES string of the molecule is CNc1c(C(=O)NC(C)(C)COC)cccc1C(F)(F)F. The molecule has 1 amide bonds. The fraction of sp³-hybridized carbons (Fsp3) is 0.500. The summed E-state index contributed by atoms with van der Waals surface area (Å²) < 4.78 is 43.8. The molecule has 1 aromatic carbocycles. The predicted octanol–water partition coefficient (Wildman–Crippen LogP) is 2.90. The smallest absolute Gasteiger partial charge is 0.387 e. The minimum absolute atomic E-state index is 0.0588. The number of hydrogen-bond donors (Lipinski definition) is 2. The summed E-state index contributed by atoms with van der Waals surface area (Å²) >= 11 is 0. The monoisotopic (exact) mass is 304 g/mol. The number of halogens is 3. The van der Waals surface area contributed by atoms with Crippen molar-refractivity contribution in [1.29, 1.82) is 0 Å². The Bertz CT molecular complexity index is 513. The van der Waals surface area contributed by atoms with E-state index in [2.05, 4.69) is 10.6 Å². The summed E-state index contributed by atoms with van der Waals surface area (Å²) in [5.74, 6) is -0.590. The lowest BCUT2D eigenvalue weighted by molar-refractivity contribution is -0.136. The highest BCUT2D eigenvalue weighted by Crippen LogP contribution is 2.36. The number of benzene rings is 1. The van der Waals surface area contributed by atoms with E-state index in [4.69, 9.17) is 4.74 Å². The first kappa shape index (κ1) is 17.3. The van der Waals surface area contributed by atoms with Gasteiger partial charge in [0.25, 0.3) is 5.91 Å². The normalized spacial score (nSPS) is 12.1. The van der Waals surface area contributed by atoms with Gasteiger partial charge in [0.05, 0.1) is 29.0 Å². The molecule has 1 rings (SSSR count). The average molecular weight is 304 g/mol. The van der Waals surface area contributed by atoms with E-state index in [0.717, 1.165) is 6.07 Å². The van der Waals surface area contributed by atoms with Crippen molar-refractivity contribution in [3.8, 4) is 0 Å². The molecule has 0 aliphatic rings. The summed E-state index contributed by atoms with van der Waals surface area (Å²) in [6, 6.07) is 3.49. The maximum atomic E-state index is 12.9. The van der Waals surface area contributed by atoms with Crippen molar-refractivity contribution in [2.24, 2.45) is 0 Å². The van der Waals surface area contributed by atoms with Crippen LogP contribution < -0.4 is 10.6 Å². The number of nitrogens with one attached hydrogen (secondary N) is 2. The van der Waals surface area contributed by atoms with Crippen LogP contribution >= 0.6 is 0 Å². The molecule has 0 saturated carbocycles. The third kappa shape index (κ3) is 4.35. The second kappa shape index (κ2) is 6.34. The highest BCUT2D eigenvalue weighted by Gasteiger charge is 2.35. The van der Waals surface area contributed by atoms with Crippen LogP contribution in [0.15, 0.2) is 18.2 Å². The van der Waals surface area contributed by atoms with Crippen LogP contribution in [-0.2, 0) is 10.9 Å². The fourth-order valence-electron chi connectivity index (χ4n) is 2.02. The van der Waals surface area contributed by atoms with Crippen molar-refractivity contribution < 1.29 is 22.7 Å². The molecule has 7 heteroatoms. The van der Waals surface area contributed by atoms with Crippen LogP contribution in [0.25, 0.3) is 0 Å². The van der Waals surface area contributed by atoms with E-state index in [1.54, 1.807) is 13.8 Å². The van der Waals surface area contributed by atoms with Crippen LogP contribution in [0, 0.1) is 0 Å². The molecule has 0 unspecified atom stereocenters. The van der Waals surface area contributed by atoms with E-state index < -0.39 is 23.2 Å². The van der Waals surface area contributed by atoms with Gasteiger partial charge >= 0.3 is 6.18 Å². The van der Waals surface area contributed by atoms with Crippen molar-refractivity contribution in [2.75, 3.05) is 26.1 Å². The molecular formula is C14H19F3N2O2. The number of ether oxygens (including phenoxy) is 1. The molecule has 1 aromatic rings. The lowest BCUT2D eigenvalue weighted by atomic mass is 10.0. The van der Waals surface area contributed by atoms with Crippen LogP contribution in [0.3, 0.4) is 0 Å². The molecule has 2 N–H and O–H groups in total. The Balaban J connectivity index is 3.16. The molecule has 0 aromatic heterocycles. The zero-order chi connectivity index (χ0) is 16.3. The van der Waals surface area contributed by atoms with Crippen molar-refractivity contribution in [2.45, 2.75) is 25.6 Å². The maximum absolute atomic E-state index is 12.9. The van der Waals surface area contributed by atoms with Crippen molar-refractivity contribution in [3.05, 3.63) is 29.3 Å². The Morgan fingerprint density at radius 2 is 1.90 bits per heavy atom. The van der Waals surface area contributed by atoms with Crippen LogP contribution in [0.2, 0.25) is 0 Å². The van der Waals surface area contributed by atoms with E-state index in [-0.39, 0.29) is 17.9 Å². The van der Waals surface area contributed by atoms with Gasteiger partial charge in [0.2, 0.25) is 0 Å². The molecule has 0 heterocycles. The fourth-order valence-corrected chi connectivity index (χ4v) is 2.02. The summed E-state index contributed by atoms with van der Waals surface area (Å²) in [7, 11) is 2.83. The quantitative estimate of drug-likeness (QED) is 0.879. The summed E-state index contributed by atoms with van der Waals surface area (Å²) in [6.07, 6.45) is -4.53. The maximum Gasteiger partial charge on any atom is 0.418 e. The molecule has 0 atom stereocenters. The number of carbonyl (C=O) groups is 1. The molecule has 0 fully saturated rings. The van der Waals surface area contributed by atoms with Crippen LogP contribution in [-0.4, -0.2) is 32.2 Å². The molecule has 0 spiro atoms. The standard InChI is InChI=1S/C14H19F3N2O2/c1-13(2,8-21-4)19-12(20)9-6-5-7-10(11(9)18-3)14(15,16)17/h5-7,18H,8H2,1-4H3,(H,19,20). The Morgan fingerprint density at radius 3 is 2.38 bits per heavy atom. The van der Waals surface area contributed by atoms with Crippen molar-refractivity contribution in [1.82, 2.24) is 5.32 Å². The molecule has 21 heavy (non-hydrogen) atoms. The Morgan fingerprint density at radius 1 is 1.29 bits per heavy atom. The first-order chi connectivity index (χ1) is 9.62. The topological polar surface area (TPSA) is 50.4 Å². The van der Waals surface area contributed by atoms with Gasteiger partial charge < -0.3 is 15.4 Å². The van der Waals surface area contributed by atoms with Gasteiger partial charge in [0, 0.05) is 14.2 Å². The first-order valence-corrected chi connectivity index (χ1v) is 6.32. The van der Waals surface area contributed by atoms with Gasteiger partial charge in [-0.3, -0.25) is 4.79 Å². The lowest BCUT2D eigenvalue weighted by Crippen LogP contribution is -2.47. The van der Waals surface area contributed by atoms with Gasteiger partial charge in [-0.25, -0.2) is 0 Å². The predicted molar refractivity (Wildman–Crippen MR) is 74.4 cm³/mol. The van der Waals surface area contributed by atoms with E-state index in [1.165, 1.54) is 26.3 Å². The molecule has 0 bridgehead atoms. The second-order valence-electron chi connectivity index (χ2n) is 5.25. The average Bonchev–Trinajstić information content (AvgIpc) is 2.35. The number of hydrogen-bond acceptors (Lipinski definition) is 3. The van der Waals surface area contributed by atoms with Gasteiger partial charge in [-0.1, -0.05) is 6.07 Å². The largest absolute Gasteiger partial charge is 0.418 e. The minimum Gasteiger partial charge on any atom is -0.387 e. The van der Waals surface area contributed by atoms with E-state index in [1.807, 2.05) is 0 Å². The highest BCUT2D eigenvalue weighted by molar-refractivity contribution is 6.00. The Hall–Kier alpha value is -1.76. The number of alkyl halides is 3. The van der Waals surface area contributed by atoms with Crippen LogP contribution in [0.1, 0.15) is 29.8 Å². The van der Waals surface area contributed by atoms with Gasteiger partial charge in [-0.15, -0.1) is 0 Å². The van der Waals surface area contributed by atoms with Crippen LogP contribution in [0.4, 0.5) is 18.9 Å². The molecule has 4 nitrogen and oxygen atoms in total. The summed E-state index contributed by atoms with van der Waals surface area (Å²) in [4.78, 5) is 12.2. The number of rotatable bonds is 5. The van der Waals surface area contributed by atoms with Crippen LogP contribution in [0.5, 0.6) is 0 Å². The van der Waals surface area contributed by atoms with Gasteiger partial charge in [0.1, 0.15) is 0 Å². The third-order valence-corrected chi connectivity index (χ3v) is 2.82. The molecular weight excluding hydrogens is 285 g/mol. The van der Waals surface area contributed by atoms with E-state index in [0.29, 0.717) is 0 Å². The lowest BCUT2D eigenvalue weighted by Gasteiger charge is -2.26. The van der Waals surface area contributed by atoms with Gasteiger partial charge in [0.15, 0.2) is 0 Å². The van der Waals surface area contributed by atoms with E-state index in [9.17, 15) is 18.0 Å². The summed E-state index contributed by atoms with van der Waals surface area (Å²) in [5, 5.41) is 5.11.